The van der Waals surface area contributed by atoms with Gasteiger partial charge in [0.05, 0.1) is 5.54 Å². The van der Waals surface area contributed by atoms with Crippen LogP contribution in [0.25, 0.3) is 0 Å². The Kier molecular flexibility index (Phi) is 5.47. The van der Waals surface area contributed by atoms with Crippen LogP contribution in [-0.2, 0) is 4.74 Å². The second kappa shape index (κ2) is 6.49. The van der Waals surface area contributed by atoms with Crippen molar-refractivity contribution in [1.82, 2.24) is 10.2 Å². The van der Waals surface area contributed by atoms with E-state index < -0.39 is 5.60 Å². The number of nitrogens with one attached hydrogen (secondary N) is 1. The van der Waals surface area contributed by atoms with Crippen molar-refractivity contribution in [3.8, 4) is 12.3 Å². The molecule has 0 aromatic rings. The van der Waals surface area contributed by atoms with E-state index in [1.165, 1.54) is 0 Å². The maximum Gasteiger partial charge on any atom is 0.410 e. The van der Waals surface area contributed by atoms with Gasteiger partial charge in [-0.05, 0) is 59.9 Å². The summed E-state index contributed by atoms with van der Waals surface area (Å²) in [7, 11) is 0. The molecule has 1 aliphatic heterocycles. The van der Waals surface area contributed by atoms with Gasteiger partial charge in [-0.1, -0.05) is 5.92 Å². The van der Waals surface area contributed by atoms with Crippen LogP contribution < -0.4 is 5.32 Å². The molecule has 1 rings (SSSR count). The third kappa shape index (κ3) is 5.83. The molecular formula is C16H28N2O2. The standard InChI is InChI=1S/C16H28N2O2/c1-7-16(5,6)17-12-13-8-10-18(11-9-13)14(19)20-15(2,3)4/h1,13,17H,8-12H2,2-6H3. The molecule has 0 unspecified atom stereocenters. The van der Waals surface area contributed by atoms with Crippen LogP contribution in [0.5, 0.6) is 0 Å². The SMILES string of the molecule is C#CC(C)(C)NCC1CCN(C(=O)OC(C)(C)C)CC1. The molecule has 0 radical (unpaired) electrons. The first-order valence-electron chi connectivity index (χ1n) is 7.34. The van der Waals surface area contributed by atoms with Gasteiger partial charge in [0.1, 0.15) is 5.60 Å². The zero-order valence-electron chi connectivity index (χ0n) is 13.5. The molecule has 20 heavy (non-hydrogen) atoms. The molecule has 4 heteroatoms. The van der Waals surface area contributed by atoms with E-state index >= 15 is 0 Å². The molecule has 1 aliphatic rings. The van der Waals surface area contributed by atoms with Crippen molar-refractivity contribution in [2.45, 2.75) is 58.6 Å². The Morgan fingerprint density at radius 3 is 2.30 bits per heavy atom. The van der Waals surface area contributed by atoms with Gasteiger partial charge in [0.2, 0.25) is 0 Å². The number of piperidine rings is 1. The van der Waals surface area contributed by atoms with E-state index in [-0.39, 0.29) is 11.6 Å². The molecule has 4 nitrogen and oxygen atoms in total. The Hall–Kier alpha value is -1.21. The normalized spacial score (nSPS) is 17.7. The first kappa shape index (κ1) is 16.8. The highest BCUT2D eigenvalue weighted by atomic mass is 16.6. The first-order valence-corrected chi connectivity index (χ1v) is 7.34. The summed E-state index contributed by atoms with van der Waals surface area (Å²) in [4.78, 5) is 13.7. The highest BCUT2D eigenvalue weighted by molar-refractivity contribution is 5.68. The van der Waals surface area contributed by atoms with Gasteiger partial charge in [-0.3, -0.25) is 0 Å². The van der Waals surface area contributed by atoms with Crippen molar-refractivity contribution in [2.75, 3.05) is 19.6 Å². The molecule has 0 spiro atoms. The number of amides is 1. The van der Waals surface area contributed by atoms with Crippen LogP contribution in [0.2, 0.25) is 0 Å². The molecule has 1 fully saturated rings. The van der Waals surface area contributed by atoms with Gasteiger partial charge in [0, 0.05) is 13.1 Å². The van der Waals surface area contributed by atoms with Crippen molar-refractivity contribution < 1.29 is 9.53 Å². The molecule has 0 aromatic carbocycles. The van der Waals surface area contributed by atoms with Crippen LogP contribution in [0.3, 0.4) is 0 Å². The van der Waals surface area contributed by atoms with Crippen molar-refractivity contribution in [3.63, 3.8) is 0 Å². The topological polar surface area (TPSA) is 41.6 Å². The van der Waals surface area contributed by atoms with E-state index in [4.69, 9.17) is 11.2 Å². The minimum atomic E-state index is -0.424. The van der Waals surface area contributed by atoms with Crippen molar-refractivity contribution in [2.24, 2.45) is 5.92 Å². The molecular weight excluding hydrogens is 252 g/mol. The van der Waals surface area contributed by atoms with Crippen LogP contribution in [0, 0.1) is 18.3 Å². The van der Waals surface area contributed by atoms with Crippen LogP contribution in [0.1, 0.15) is 47.5 Å². The van der Waals surface area contributed by atoms with Crippen molar-refractivity contribution in [1.29, 1.82) is 0 Å². The minimum absolute atomic E-state index is 0.201. The predicted octanol–water partition coefficient (Wildman–Crippen LogP) is 2.63. The summed E-state index contributed by atoms with van der Waals surface area (Å²) in [5, 5.41) is 3.39. The molecule has 0 aromatic heterocycles. The van der Waals surface area contributed by atoms with Crippen LogP contribution in [-0.4, -0.2) is 41.8 Å². The van der Waals surface area contributed by atoms with Crippen molar-refractivity contribution in [3.05, 3.63) is 0 Å². The predicted molar refractivity (Wildman–Crippen MR) is 81.4 cm³/mol. The summed E-state index contributed by atoms with van der Waals surface area (Å²) in [5.74, 6) is 3.31. The quantitative estimate of drug-likeness (QED) is 0.808. The smallest absolute Gasteiger partial charge is 0.410 e. The van der Waals surface area contributed by atoms with Gasteiger partial charge < -0.3 is 15.0 Å². The number of hydrogen-bond acceptors (Lipinski definition) is 3. The molecule has 0 atom stereocenters. The maximum atomic E-state index is 11.9. The molecule has 1 N–H and O–H groups in total. The van der Waals surface area contributed by atoms with Crippen LogP contribution >= 0.6 is 0 Å². The van der Waals surface area contributed by atoms with Crippen LogP contribution in [0.4, 0.5) is 4.79 Å². The van der Waals surface area contributed by atoms with Crippen molar-refractivity contribution >= 4 is 6.09 Å². The summed E-state index contributed by atoms with van der Waals surface area (Å²) in [6, 6.07) is 0. The van der Waals surface area contributed by atoms with E-state index in [0.29, 0.717) is 5.92 Å². The average Bonchev–Trinajstić information content (AvgIpc) is 2.35. The number of ether oxygens (including phenoxy) is 1. The Bertz CT molecular complexity index is 369. The lowest BCUT2D eigenvalue weighted by Crippen LogP contribution is -2.46. The maximum absolute atomic E-state index is 11.9. The average molecular weight is 280 g/mol. The first-order chi connectivity index (χ1) is 9.13. The monoisotopic (exact) mass is 280 g/mol. The van der Waals surface area contributed by atoms with Gasteiger partial charge in [-0.25, -0.2) is 4.79 Å². The van der Waals surface area contributed by atoms with E-state index in [9.17, 15) is 4.79 Å². The molecule has 1 heterocycles. The summed E-state index contributed by atoms with van der Waals surface area (Å²) in [6.45, 7) is 12.1. The third-order valence-electron chi connectivity index (χ3n) is 3.46. The molecule has 0 bridgehead atoms. The number of carbonyl (C=O) groups is 1. The van der Waals surface area contributed by atoms with E-state index in [1.807, 2.05) is 34.6 Å². The van der Waals surface area contributed by atoms with Gasteiger partial charge in [0.15, 0.2) is 0 Å². The van der Waals surface area contributed by atoms with E-state index in [1.54, 1.807) is 4.90 Å². The van der Waals surface area contributed by atoms with Crippen LogP contribution in [0.15, 0.2) is 0 Å². The summed E-state index contributed by atoms with van der Waals surface area (Å²) < 4.78 is 5.39. The van der Waals surface area contributed by atoms with E-state index in [2.05, 4.69) is 11.2 Å². The van der Waals surface area contributed by atoms with Gasteiger partial charge in [-0.15, -0.1) is 6.42 Å². The lowest BCUT2D eigenvalue weighted by Gasteiger charge is -2.34. The fourth-order valence-electron chi connectivity index (χ4n) is 2.10. The molecule has 1 saturated heterocycles. The number of terminal acetylenes is 1. The van der Waals surface area contributed by atoms with Gasteiger partial charge in [0.25, 0.3) is 0 Å². The lowest BCUT2D eigenvalue weighted by atomic mass is 9.95. The fraction of sp³-hybridized carbons (Fsp3) is 0.812. The Balaban J connectivity index is 2.34. The second-order valence-corrected chi connectivity index (χ2v) is 7.06. The summed E-state index contributed by atoms with van der Waals surface area (Å²) >= 11 is 0. The lowest BCUT2D eigenvalue weighted by molar-refractivity contribution is 0.0182. The van der Waals surface area contributed by atoms with Gasteiger partial charge in [-0.2, -0.15) is 0 Å². The highest BCUT2D eigenvalue weighted by Crippen LogP contribution is 2.19. The Labute approximate surface area is 123 Å². The number of carbonyl (C=O) groups excluding carboxylic acids is 1. The number of rotatable bonds is 3. The summed E-state index contributed by atoms with van der Waals surface area (Å²) in [6.07, 6.45) is 7.25. The molecule has 1 amide bonds. The largest absolute Gasteiger partial charge is 0.444 e. The Morgan fingerprint density at radius 1 is 1.30 bits per heavy atom. The minimum Gasteiger partial charge on any atom is -0.444 e. The zero-order valence-corrected chi connectivity index (χ0v) is 13.5. The third-order valence-corrected chi connectivity index (χ3v) is 3.46. The highest BCUT2D eigenvalue weighted by Gasteiger charge is 2.27. The number of hydrogen-bond donors (Lipinski definition) is 1. The summed E-state index contributed by atoms with van der Waals surface area (Å²) in [5.41, 5.74) is -0.686. The number of nitrogens with zero attached hydrogens (tertiary/aromatic N) is 1. The molecule has 0 saturated carbocycles. The molecule has 114 valence electrons. The fourth-order valence-corrected chi connectivity index (χ4v) is 2.10. The number of likely N-dealkylation sites (tertiary alicyclic amines) is 1. The van der Waals surface area contributed by atoms with E-state index in [0.717, 1.165) is 32.5 Å². The zero-order chi connectivity index (χ0) is 15.4. The Morgan fingerprint density at radius 2 is 1.85 bits per heavy atom. The molecule has 0 aliphatic carbocycles. The second-order valence-electron chi connectivity index (χ2n) is 7.06. The van der Waals surface area contributed by atoms with Gasteiger partial charge >= 0.3 is 6.09 Å².